The minimum atomic E-state index is -0.423. The Balaban J connectivity index is 1.64. The molecule has 2 unspecified atom stereocenters. The first-order valence-electron chi connectivity index (χ1n) is 8.61. The first-order valence-corrected chi connectivity index (χ1v) is 10.3. The van der Waals surface area contributed by atoms with E-state index < -0.39 is 5.25 Å². The smallest absolute Gasteiger partial charge is 0.240 e. The molecule has 1 aromatic heterocycles. The fourth-order valence-corrected chi connectivity index (χ4v) is 4.36. The van der Waals surface area contributed by atoms with Crippen molar-refractivity contribution in [1.29, 1.82) is 0 Å². The first kappa shape index (κ1) is 18.8. The number of halogens is 1. The molecule has 3 aromatic rings. The van der Waals surface area contributed by atoms with Gasteiger partial charge in [0.25, 0.3) is 0 Å². The van der Waals surface area contributed by atoms with Crippen molar-refractivity contribution in [2.45, 2.75) is 23.4 Å². The van der Waals surface area contributed by atoms with Gasteiger partial charge >= 0.3 is 0 Å². The zero-order chi connectivity index (χ0) is 19.7. The van der Waals surface area contributed by atoms with E-state index in [9.17, 15) is 4.79 Å². The van der Waals surface area contributed by atoms with Crippen LogP contribution in [0.3, 0.4) is 0 Å². The molecule has 2 aromatic carbocycles. The summed E-state index contributed by atoms with van der Waals surface area (Å²) < 4.78 is 8.03. The molecule has 0 saturated heterocycles. The lowest BCUT2D eigenvalue weighted by Crippen LogP contribution is -2.41. The molecule has 2 heterocycles. The van der Waals surface area contributed by atoms with Gasteiger partial charge < -0.3 is 15.5 Å². The molecule has 1 aliphatic rings. The van der Waals surface area contributed by atoms with E-state index in [-0.39, 0.29) is 11.9 Å². The highest BCUT2D eigenvalue weighted by Gasteiger charge is 2.37. The third kappa shape index (κ3) is 3.72. The first-order chi connectivity index (χ1) is 13.5. The Hall–Kier alpha value is -2.52. The highest BCUT2D eigenvalue weighted by atomic mass is 79.9. The van der Waals surface area contributed by atoms with Crippen LogP contribution in [0.5, 0.6) is 5.75 Å². The SMILES string of the molecule is COc1ccc(C2Nn3c(C)nnc3SC2C(=O)Nc2ccc(Br)cc2)cc1. The third-order valence-corrected chi connectivity index (χ3v) is 6.19. The molecule has 0 fully saturated rings. The molecule has 0 spiro atoms. The maximum absolute atomic E-state index is 13.1. The number of nitrogens with zero attached hydrogens (tertiary/aromatic N) is 3. The van der Waals surface area contributed by atoms with Crippen LogP contribution in [0.15, 0.2) is 58.2 Å². The van der Waals surface area contributed by atoms with Crippen molar-refractivity contribution in [2.24, 2.45) is 0 Å². The predicted octanol–water partition coefficient (Wildman–Crippen LogP) is 3.76. The monoisotopic (exact) mass is 459 g/mol. The van der Waals surface area contributed by atoms with Gasteiger partial charge in [-0.15, -0.1) is 10.2 Å². The molecule has 0 radical (unpaired) electrons. The van der Waals surface area contributed by atoms with Gasteiger partial charge in [0.1, 0.15) is 16.8 Å². The molecule has 1 amide bonds. The molecule has 4 rings (SSSR count). The molecule has 7 nitrogen and oxygen atoms in total. The number of ether oxygens (including phenoxy) is 1. The second-order valence-electron chi connectivity index (χ2n) is 6.28. The molecule has 1 aliphatic heterocycles. The highest BCUT2D eigenvalue weighted by Crippen LogP contribution is 2.37. The van der Waals surface area contributed by atoms with Crippen LogP contribution in [0.25, 0.3) is 0 Å². The lowest BCUT2D eigenvalue weighted by molar-refractivity contribution is -0.116. The molecular weight excluding hydrogens is 442 g/mol. The van der Waals surface area contributed by atoms with Gasteiger partial charge in [-0.25, -0.2) is 4.68 Å². The fraction of sp³-hybridized carbons (Fsp3) is 0.211. The van der Waals surface area contributed by atoms with E-state index in [0.29, 0.717) is 5.16 Å². The predicted molar refractivity (Wildman–Crippen MR) is 112 cm³/mol. The summed E-state index contributed by atoms with van der Waals surface area (Å²) in [6.07, 6.45) is 0. The van der Waals surface area contributed by atoms with Crippen molar-refractivity contribution >= 4 is 39.3 Å². The highest BCUT2D eigenvalue weighted by molar-refractivity contribution is 9.10. The Morgan fingerprint density at radius 3 is 2.57 bits per heavy atom. The lowest BCUT2D eigenvalue weighted by atomic mass is 10.0. The van der Waals surface area contributed by atoms with E-state index in [1.165, 1.54) is 11.8 Å². The number of benzene rings is 2. The Labute approximate surface area is 175 Å². The number of rotatable bonds is 4. The maximum atomic E-state index is 13.1. The molecule has 0 aliphatic carbocycles. The number of anilines is 1. The van der Waals surface area contributed by atoms with Crippen molar-refractivity contribution in [2.75, 3.05) is 17.9 Å². The average molecular weight is 460 g/mol. The number of hydrogen-bond acceptors (Lipinski definition) is 6. The van der Waals surface area contributed by atoms with Gasteiger partial charge in [0.15, 0.2) is 0 Å². The van der Waals surface area contributed by atoms with Crippen LogP contribution in [0.1, 0.15) is 17.4 Å². The van der Waals surface area contributed by atoms with E-state index in [2.05, 4.69) is 36.9 Å². The summed E-state index contributed by atoms with van der Waals surface area (Å²) >= 11 is 4.80. The third-order valence-electron chi connectivity index (χ3n) is 4.44. The largest absolute Gasteiger partial charge is 0.497 e. The number of amides is 1. The topological polar surface area (TPSA) is 81.1 Å². The normalized spacial score (nSPS) is 18.1. The molecule has 2 atom stereocenters. The zero-order valence-corrected chi connectivity index (χ0v) is 17.6. The van der Waals surface area contributed by atoms with E-state index in [1.54, 1.807) is 7.11 Å². The number of carbonyl (C=O) groups is 1. The number of thioether (sulfide) groups is 1. The number of nitrogens with one attached hydrogen (secondary N) is 2. The van der Waals surface area contributed by atoms with Gasteiger partial charge in [0.05, 0.1) is 13.2 Å². The Morgan fingerprint density at radius 2 is 1.89 bits per heavy atom. The van der Waals surface area contributed by atoms with Gasteiger partial charge in [-0.05, 0) is 48.9 Å². The summed E-state index contributed by atoms with van der Waals surface area (Å²) in [6.45, 7) is 1.87. The Kier molecular flexibility index (Phi) is 5.27. The Bertz CT molecular complexity index is 991. The van der Waals surface area contributed by atoms with Crippen LogP contribution in [0, 0.1) is 6.92 Å². The second kappa shape index (κ2) is 7.84. The Morgan fingerprint density at radius 1 is 1.18 bits per heavy atom. The molecule has 2 N–H and O–H groups in total. The number of carbonyl (C=O) groups excluding carboxylic acids is 1. The van der Waals surface area contributed by atoms with Crippen molar-refractivity contribution in [3.8, 4) is 5.75 Å². The average Bonchev–Trinajstić information content (AvgIpc) is 3.09. The van der Waals surface area contributed by atoms with Crippen LogP contribution in [0.2, 0.25) is 0 Å². The molecule has 9 heteroatoms. The van der Waals surface area contributed by atoms with E-state index in [4.69, 9.17) is 4.74 Å². The summed E-state index contributed by atoms with van der Waals surface area (Å²) in [5.41, 5.74) is 5.10. The number of aromatic nitrogens is 3. The minimum Gasteiger partial charge on any atom is -0.497 e. The zero-order valence-electron chi connectivity index (χ0n) is 15.2. The van der Waals surface area contributed by atoms with Gasteiger partial charge in [-0.2, -0.15) is 0 Å². The standard InChI is InChI=1S/C19H18BrN5O2S/c1-11-22-23-19-25(11)24-16(12-3-9-15(27-2)10-4-12)17(28-19)18(26)21-14-7-5-13(20)6-8-14/h3-10,16-17,24H,1-2H3,(H,21,26). The summed E-state index contributed by atoms with van der Waals surface area (Å²) in [7, 11) is 1.63. The number of hydrogen-bond donors (Lipinski definition) is 2. The molecule has 0 bridgehead atoms. The van der Waals surface area contributed by atoms with Crippen LogP contribution in [-0.4, -0.2) is 33.1 Å². The number of fused-ring (bicyclic) bond motifs is 1. The van der Waals surface area contributed by atoms with Crippen molar-refractivity contribution in [1.82, 2.24) is 14.9 Å². The fourth-order valence-electron chi connectivity index (χ4n) is 2.97. The molecular formula is C19H18BrN5O2S. The van der Waals surface area contributed by atoms with E-state index in [0.717, 1.165) is 27.3 Å². The van der Waals surface area contributed by atoms with Gasteiger partial charge in [-0.3, -0.25) is 4.79 Å². The van der Waals surface area contributed by atoms with Gasteiger partial charge in [-0.1, -0.05) is 39.8 Å². The minimum absolute atomic E-state index is 0.104. The number of aryl methyl sites for hydroxylation is 1. The van der Waals surface area contributed by atoms with E-state index in [1.807, 2.05) is 60.1 Å². The molecule has 28 heavy (non-hydrogen) atoms. The van der Waals surface area contributed by atoms with Gasteiger partial charge in [0.2, 0.25) is 11.1 Å². The van der Waals surface area contributed by atoms with Crippen molar-refractivity contribution < 1.29 is 9.53 Å². The second-order valence-corrected chi connectivity index (χ2v) is 8.30. The lowest BCUT2D eigenvalue weighted by Gasteiger charge is -2.32. The van der Waals surface area contributed by atoms with Crippen LogP contribution in [-0.2, 0) is 4.79 Å². The quantitative estimate of drug-likeness (QED) is 0.618. The van der Waals surface area contributed by atoms with Crippen LogP contribution < -0.4 is 15.5 Å². The van der Waals surface area contributed by atoms with Crippen molar-refractivity contribution in [3.63, 3.8) is 0 Å². The van der Waals surface area contributed by atoms with Crippen LogP contribution >= 0.6 is 27.7 Å². The van der Waals surface area contributed by atoms with E-state index >= 15 is 0 Å². The van der Waals surface area contributed by atoms with Crippen molar-refractivity contribution in [3.05, 3.63) is 64.4 Å². The summed E-state index contributed by atoms with van der Waals surface area (Å²) in [5, 5.41) is 11.5. The molecule has 144 valence electrons. The maximum Gasteiger partial charge on any atom is 0.240 e. The summed E-state index contributed by atoms with van der Waals surface area (Å²) in [5.74, 6) is 1.41. The molecule has 0 saturated carbocycles. The summed E-state index contributed by atoms with van der Waals surface area (Å²) in [6, 6.07) is 14.9. The van der Waals surface area contributed by atoms with Crippen LogP contribution in [0.4, 0.5) is 5.69 Å². The van der Waals surface area contributed by atoms with Gasteiger partial charge in [0, 0.05) is 10.2 Å². The summed E-state index contributed by atoms with van der Waals surface area (Å²) in [4.78, 5) is 13.1. The number of methoxy groups -OCH3 is 1.